The van der Waals surface area contributed by atoms with Crippen LogP contribution in [0.25, 0.3) is 0 Å². The van der Waals surface area contributed by atoms with E-state index >= 15 is 0 Å². The van der Waals surface area contributed by atoms with E-state index in [1.807, 2.05) is 5.38 Å². The summed E-state index contributed by atoms with van der Waals surface area (Å²) in [5.41, 5.74) is 1.39. The summed E-state index contributed by atoms with van der Waals surface area (Å²) in [6, 6.07) is 4.10. The van der Waals surface area contributed by atoms with Crippen molar-refractivity contribution in [2.45, 2.75) is 44.4 Å². The summed E-state index contributed by atoms with van der Waals surface area (Å²) in [6.07, 6.45) is 5.78. The molecule has 2 aromatic rings. The molecule has 2 amide bonds. The second kappa shape index (κ2) is 9.43. The van der Waals surface area contributed by atoms with E-state index in [0.29, 0.717) is 25.2 Å². The monoisotopic (exact) mass is 449 g/mol. The van der Waals surface area contributed by atoms with Crippen molar-refractivity contribution in [1.29, 1.82) is 0 Å². The fraction of sp³-hybridized carbons (Fsp3) is 0.500. The Hall–Kier alpha value is -1.99. The second-order valence-corrected chi connectivity index (χ2v) is 9.36. The van der Waals surface area contributed by atoms with Crippen LogP contribution in [0.2, 0.25) is 5.02 Å². The molecule has 1 N–H and O–H groups in total. The van der Waals surface area contributed by atoms with Crippen molar-refractivity contribution in [3.63, 3.8) is 0 Å². The van der Waals surface area contributed by atoms with Gasteiger partial charge >= 0.3 is 0 Å². The lowest BCUT2D eigenvalue weighted by Crippen LogP contribution is -2.39. The lowest BCUT2D eigenvalue weighted by molar-refractivity contribution is -0.127. The Morgan fingerprint density at radius 2 is 2.10 bits per heavy atom. The zero-order valence-corrected chi connectivity index (χ0v) is 18.3. The van der Waals surface area contributed by atoms with Gasteiger partial charge in [0.2, 0.25) is 5.91 Å². The van der Waals surface area contributed by atoms with E-state index in [1.54, 1.807) is 16.2 Å². The molecule has 1 aromatic heterocycles. The van der Waals surface area contributed by atoms with E-state index < -0.39 is 5.82 Å². The molecule has 2 fully saturated rings. The number of amides is 2. The summed E-state index contributed by atoms with van der Waals surface area (Å²) in [5.74, 6) is -0.0836. The number of aromatic nitrogens is 1. The third-order valence-corrected chi connectivity index (χ3v) is 7.30. The summed E-state index contributed by atoms with van der Waals surface area (Å²) >= 11 is 7.45. The first-order chi connectivity index (χ1) is 14.5. The number of hydrogen-bond donors (Lipinski definition) is 1. The van der Waals surface area contributed by atoms with E-state index in [2.05, 4.69) is 5.32 Å². The van der Waals surface area contributed by atoms with E-state index in [9.17, 15) is 14.0 Å². The number of hydrogen-bond acceptors (Lipinski definition) is 4. The van der Waals surface area contributed by atoms with Gasteiger partial charge in [-0.1, -0.05) is 18.0 Å². The quantitative estimate of drug-likeness (QED) is 0.710. The first-order valence-corrected chi connectivity index (χ1v) is 11.7. The maximum absolute atomic E-state index is 13.4. The van der Waals surface area contributed by atoms with Gasteiger partial charge in [-0.25, -0.2) is 9.37 Å². The number of benzene rings is 1. The van der Waals surface area contributed by atoms with Crippen molar-refractivity contribution in [2.75, 3.05) is 19.6 Å². The highest BCUT2D eigenvalue weighted by atomic mass is 35.5. The summed E-state index contributed by atoms with van der Waals surface area (Å²) in [7, 11) is 0. The van der Waals surface area contributed by atoms with Crippen molar-refractivity contribution in [3.8, 4) is 0 Å². The molecule has 8 heteroatoms. The standard InChI is InChI=1S/C22H25ClFN3O2S/c23-18-11-15(6-7-19(18)24)22(29)27-10-2-5-16(12-27)21-26-17(13-30-21)8-9-25-20(28)14-3-1-4-14/h6-7,11,13-14,16H,1-5,8-10,12H2,(H,25,28)/t16-/m0/s1. The van der Waals surface area contributed by atoms with E-state index in [1.165, 1.54) is 18.2 Å². The Bertz CT molecular complexity index is 931. The van der Waals surface area contributed by atoms with E-state index in [4.69, 9.17) is 16.6 Å². The molecule has 160 valence electrons. The summed E-state index contributed by atoms with van der Waals surface area (Å²) in [5, 5.41) is 6.05. The van der Waals surface area contributed by atoms with Gasteiger partial charge in [0.25, 0.3) is 5.91 Å². The highest BCUT2D eigenvalue weighted by Gasteiger charge is 2.28. The Morgan fingerprint density at radius 1 is 1.27 bits per heavy atom. The van der Waals surface area contributed by atoms with Gasteiger partial charge in [-0.2, -0.15) is 0 Å². The highest BCUT2D eigenvalue weighted by Crippen LogP contribution is 2.30. The minimum Gasteiger partial charge on any atom is -0.355 e. The highest BCUT2D eigenvalue weighted by molar-refractivity contribution is 7.09. The molecule has 1 atom stereocenters. The van der Waals surface area contributed by atoms with Crippen LogP contribution in [0.5, 0.6) is 0 Å². The van der Waals surface area contributed by atoms with Crippen molar-refractivity contribution in [3.05, 3.63) is 50.7 Å². The number of likely N-dealkylation sites (tertiary alicyclic amines) is 1. The Morgan fingerprint density at radius 3 is 2.83 bits per heavy atom. The normalized spacial score (nSPS) is 19.4. The van der Waals surface area contributed by atoms with Crippen LogP contribution in [0.15, 0.2) is 23.6 Å². The van der Waals surface area contributed by atoms with Crippen LogP contribution < -0.4 is 5.32 Å². The second-order valence-electron chi connectivity index (χ2n) is 8.07. The van der Waals surface area contributed by atoms with Gasteiger partial charge < -0.3 is 10.2 Å². The van der Waals surface area contributed by atoms with Crippen LogP contribution >= 0.6 is 22.9 Å². The Balaban J connectivity index is 1.32. The van der Waals surface area contributed by atoms with Gasteiger partial charge in [0.05, 0.1) is 15.7 Å². The number of nitrogens with one attached hydrogen (secondary N) is 1. The molecule has 0 radical (unpaired) electrons. The number of rotatable bonds is 6. The van der Waals surface area contributed by atoms with Crippen LogP contribution in [-0.2, 0) is 11.2 Å². The largest absolute Gasteiger partial charge is 0.355 e. The molecule has 5 nitrogen and oxygen atoms in total. The number of halogens is 2. The minimum atomic E-state index is -0.524. The zero-order valence-electron chi connectivity index (χ0n) is 16.7. The maximum Gasteiger partial charge on any atom is 0.253 e. The predicted molar refractivity (Wildman–Crippen MR) is 115 cm³/mol. The molecule has 2 heterocycles. The van der Waals surface area contributed by atoms with Crippen molar-refractivity contribution in [2.24, 2.45) is 5.92 Å². The van der Waals surface area contributed by atoms with Crippen LogP contribution in [-0.4, -0.2) is 41.3 Å². The fourth-order valence-electron chi connectivity index (χ4n) is 3.93. The van der Waals surface area contributed by atoms with Crippen LogP contribution in [0.1, 0.15) is 59.1 Å². The predicted octanol–water partition coefficient (Wildman–Crippen LogP) is 4.41. The SMILES string of the molecule is O=C(NCCc1csc([C@H]2CCCN(C(=O)c3ccc(F)c(Cl)c3)C2)n1)C1CCC1. The van der Waals surface area contributed by atoms with Gasteiger partial charge in [-0.3, -0.25) is 9.59 Å². The van der Waals surface area contributed by atoms with Gasteiger partial charge in [0, 0.05) is 48.8 Å². The van der Waals surface area contributed by atoms with Crippen LogP contribution in [0, 0.1) is 11.7 Å². The molecule has 1 aromatic carbocycles. The molecule has 1 saturated heterocycles. The van der Waals surface area contributed by atoms with Crippen molar-refractivity contribution < 1.29 is 14.0 Å². The van der Waals surface area contributed by atoms with Gasteiger partial charge in [0.15, 0.2) is 0 Å². The maximum atomic E-state index is 13.4. The van der Waals surface area contributed by atoms with Gasteiger partial charge in [-0.05, 0) is 43.9 Å². The first kappa shape index (κ1) is 21.2. The van der Waals surface area contributed by atoms with E-state index in [-0.39, 0.29) is 28.7 Å². The van der Waals surface area contributed by atoms with Crippen LogP contribution in [0.3, 0.4) is 0 Å². The topological polar surface area (TPSA) is 62.3 Å². The Kier molecular flexibility index (Phi) is 6.68. The molecule has 0 bridgehead atoms. The molecule has 4 rings (SSSR count). The molecule has 30 heavy (non-hydrogen) atoms. The number of carbonyl (C=O) groups excluding carboxylic acids is 2. The summed E-state index contributed by atoms with van der Waals surface area (Å²) in [4.78, 5) is 31.3. The molecule has 1 aliphatic carbocycles. The third-order valence-electron chi connectivity index (χ3n) is 5.95. The van der Waals surface area contributed by atoms with Crippen LogP contribution in [0.4, 0.5) is 4.39 Å². The summed E-state index contributed by atoms with van der Waals surface area (Å²) < 4.78 is 13.4. The molecule has 0 unspecified atom stereocenters. The average molecular weight is 450 g/mol. The number of nitrogens with zero attached hydrogens (tertiary/aromatic N) is 2. The minimum absolute atomic E-state index is 0.0385. The van der Waals surface area contributed by atoms with Crippen molar-refractivity contribution in [1.82, 2.24) is 15.2 Å². The van der Waals surface area contributed by atoms with Gasteiger partial charge in [-0.15, -0.1) is 11.3 Å². The Labute approximate surface area is 184 Å². The van der Waals surface area contributed by atoms with Crippen molar-refractivity contribution >= 4 is 34.8 Å². The number of thiazole rings is 1. The fourth-order valence-corrected chi connectivity index (χ4v) is 5.09. The number of piperidine rings is 1. The third kappa shape index (κ3) is 4.83. The summed E-state index contributed by atoms with van der Waals surface area (Å²) in [6.45, 7) is 1.88. The lowest BCUT2D eigenvalue weighted by atomic mass is 9.85. The molecule has 0 spiro atoms. The van der Waals surface area contributed by atoms with Gasteiger partial charge in [0.1, 0.15) is 5.82 Å². The molecular weight excluding hydrogens is 425 g/mol. The molecule has 1 saturated carbocycles. The molecular formula is C22H25ClFN3O2S. The average Bonchev–Trinajstić information content (AvgIpc) is 3.17. The smallest absolute Gasteiger partial charge is 0.253 e. The zero-order chi connectivity index (χ0) is 21.1. The number of carbonyl (C=O) groups is 2. The van der Waals surface area contributed by atoms with E-state index in [0.717, 1.165) is 49.2 Å². The first-order valence-electron chi connectivity index (χ1n) is 10.5. The molecule has 1 aliphatic heterocycles. The molecule has 2 aliphatic rings. The lowest BCUT2D eigenvalue weighted by Gasteiger charge is -2.32.